The monoisotopic (exact) mass is 384 g/mol. The van der Waals surface area contributed by atoms with E-state index in [0.29, 0.717) is 32.5 Å². The normalized spacial score (nSPS) is 14.0. The molecule has 168 valence electrons. The van der Waals surface area contributed by atoms with Crippen molar-refractivity contribution in [2.75, 3.05) is 0 Å². The number of hydrogen-bond acceptors (Lipinski definition) is 0. The molecule has 0 aliphatic heterocycles. The molecule has 0 aromatic rings. The van der Waals surface area contributed by atoms with E-state index < -0.39 is 0 Å². The molecule has 0 radical (unpaired) electrons. The molecular formula is C27H60. The van der Waals surface area contributed by atoms with Crippen molar-refractivity contribution in [1.82, 2.24) is 0 Å². The zero-order valence-electron chi connectivity index (χ0n) is 23.1. The van der Waals surface area contributed by atoms with Crippen LogP contribution in [0, 0.1) is 32.5 Å². The lowest BCUT2D eigenvalue weighted by molar-refractivity contribution is 0.233. The second-order valence-electron chi connectivity index (χ2n) is 15.9. The first-order valence-corrected chi connectivity index (χ1v) is 11.1. The Bertz CT molecular complexity index is 257. The van der Waals surface area contributed by atoms with Gasteiger partial charge in [-0.05, 0) is 51.8 Å². The fraction of sp³-hybridized carbons (Fsp3) is 1.00. The SMILES string of the molecule is CC(C)(C)CC(C)(C)C.CC(C)(C)CC(C)(C)C.CC(C)(C)CC(C)(C)C. The highest BCUT2D eigenvalue weighted by atomic mass is 14.3. The van der Waals surface area contributed by atoms with Gasteiger partial charge < -0.3 is 0 Å². The molecule has 0 fully saturated rings. The predicted molar refractivity (Wildman–Crippen MR) is 131 cm³/mol. The minimum Gasteiger partial charge on any atom is -0.0602 e. The molecule has 0 atom stereocenters. The van der Waals surface area contributed by atoms with Crippen molar-refractivity contribution >= 4 is 0 Å². The van der Waals surface area contributed by atoms with E-state index in [9.17, 15) is 0 Å². The summed E-state index contributed by atoms with van der Waals surface area (Å²) in [7, 11) is 0. The maximum absolute atomic E-state index is 2.29. The van der Waals surface area contributed by atoms with Crippen molar-refractivity contribution in [2.45, 2.75) is 144 Å². The molecule has 0 saturated carbocycles. The van der Waals surface area contributed by atoms with Gasteiger partial charge in [-0.25, -0.2) is 0 Å². The predicted octanol–water partition coefficient (Wildman–Crippen LogP) is 10.4. The average Bonchev–Trinajstić information content (AvgIpc) is 1.96. The maximum atomic E-state index is 2.29. The third-order valence-electron chi connectivity index (χ3n) is 3.18. The molecule has 0 bridgehead atoms. The Balaban J connectivity index is -0.000000320. The van der Waals surface area contributed by atoms with Crippen LogP contribution < -0.4 is 0 Å². The van der Waals surface area contributed by atoms with Crippen LogP contribution in [0.3, 0.4) is 0 Å². The molecular weight excluding hydrogens is 324 g/mol. The van der Waals surface area contributed by atoms with Gasteiger partial charge in [0.1, 0.15) is 0 Å². The van der Waals surface area contributed by atoms with Gasteiger partial charge in [0.05, 0.1) is 0 Å². The van der Waals surface area contributed by atoms with E-state index in [-0.39, 0.29) is 0 Å². The Labute approximate surface area is 176 Å². The van der Waals surface area contributed by atoms with Crippen molar-refractivity contribution in [3.8, 4) is 0 Å². The lowest BCUT2D eigenvalue weighted by Gasteiger charge is -2.28. The summed E-state index contributed by atoms with van der Waals surface area (Å²) < 4.78 is 0. The highest BCUT2D eigenvalue weighted by Gasteiger charge is 2.21. The van der Waals surface area contributed by atoms with Gasteiger partial charge in [0.2, 0.25) is 0 Å². The van der Waals surface area contributed by atoms with Gasteiger partial charge in [-0.3, -0.25) is 0 Å². The number of rotatable bonds is 0. The number of hydrogen-bond donors (Lipinski definition) is 0. The van der Waals surface area contributed by atoms with Crippen LogP contribution >= 0.6 is 0 Å². The second-order valence-corrected chi connectivity index (χ2v) is 15.9. The Morgan fingerprint density at radius 3 is 0.296 bits per heavy atom. The summed E-state index contributed by atoms with van der Waals surface area (Å²) in [6.45, 7) is 41.2. The summed E-state index contributed by atoms with van der Waals surface area (Å²) in [6, 6.07) is 0. The van der Waals surface area contributed by atoms with Crippen molar-refractivity contribution in [1.29, 1.82) is 0 Å². The highest BCUT2D eigenvalue weighted by Crippen LogP contribution is 2.33. The van der Waals surface area contributed by atoms with Gasteiger partial charge in [-0.1, -0.05) is 125 Å². The molecule has 27 heavy (non-hydrogen) atoms. The van der Waals surface area contributed by atoms with Gasteiger partial charge >= 0.3 is 0 Å². The summed E-state index contributed by atoms with van der Waals surface area (Å²) in [5.74, 6) is 0. The minimum atomic E-state index is 0.484. The van der Waals surface area contributed by atoms with Crippen LogP contribution in [-0.4, -0.2) is 0 Å². The van der Waals surface area contributed by atoms with Crippen LogP contribution in [-0.2, 0) is 0 Å². The van der Waals surface area contributed by atoms with Crippen molar-refractivity contribution < 1.29 is 0 Å². The third kappa shape index (κ3) is 46.2. The standard InChI is InChI=1S/3C9H20/c3*1-8(2,3)7-9(4,5)6/h3*7H2,1-6H3. The molecule has 0 N–H and O–H groups in total. The lowest BCUT2D eigenvalue weighted by atomic mass is 9.78. The molecule has 0 heteroatoms. The summed E-state index contributed by atoms with van der Waals surface area (Å²) in [5.41, 5.74) is 2.91. The molecule has 0 unspecified atom stereocenters. The van der Waals surface area contributed by atoms with Crippen molar-refractivity contribution in [3.05, 3.63) is 0 Å². The first kappa shape index (κ1) is 31.7. The van der Waals surface area contributed by atoms with Crippen LogP contribution in [0.4, 0.5) is 0 Å². The minimum absolute atomic E-state index is 0.484. The topological polar surface area (TPSA) is 0 Å². The van der Waals surface area contributed by atoms with Gasteiger partial charge in [-0.2, -0.15) is 0 Å². The van der Waals surface area contributed by atoms with Crippen LogP contribution in [0.15, 0.2) is 0 Å². The van der Waals surface area contributed by atoms with Crippen molar-refractivity contribution in [2.24, 2.45) is 32.5 Å². The third-order valence-corrected chi connectivity index (χ3v) is 3.18. The van der Waals surface area contributed by atoms with Crippen LogP contribution in [0.2, 0.25) is 0 Å². The molecule has 0 aliphatic carbocycles. The van der Waals surface area contributed by atoms with Crippen LogP contribution in [0.25, 0.3) is 0 Å². The van der Waals surface area contributed by atoms with E-state index in [1.807, 2.05) is 0 Å². The zero-order valence-corrected chi connectivity index (χ0v) is 23.1. The molecule has 0 amide bonds. The molecule has 0 aromatic heterocycles. The summed E-state index contributed by atoms with van der Waals surface area (Å²) in [6.07, 6.45) is 3.88. The first-order valence-electron chi connectivity index (χ1n) is 11.1. The Morgan fingerprint density at radius 2 is 0.296 bits per heavy atom. The van der Waals surface area contributed by atoms with E-state index in [1.165, 1.54) is 19.3 Å². The molecule has 0 aromatic carbocycles. The van der Waals surface area contributed by atoms with E-state index in [4.69, 9.17) is 0 Å². The van der Waals surface area contributed by atoms with Crippen molar-refractivity contribution in [3.63, 3.8) is 0 Å². The molecule has 0 saturated heterocycles. The molecule has 0 spiro atoms. The lowest BCUT2D eigenvalue weighted by Crippen LogP contribution is -2.16. The average molecular weight is 385 g/mol. The Hall–Kier alpha value is 0. The molecule has 0 heterocycles. The maximum Gasteiger partial charge on any atom is -0.0378 e. The summed E-state index contributed by atoms with van der Waals surface area (Å²) in [4.78, 5) is 0. The van der Waals surface area contributed by atoms with E-state index in [1.54, 1.807) is 0 Å². The zero-order chi connectivity index (χ0) is 23.1. The fourth-order valence-electron chi connectivity index (χ4n) is 4.77. The fourth-order valence-corrected chi connectivity index (χ4v) is 4.77. The van der Waals surface area contributed by atoms with E-state index in [2.05, 4.69) is 125 Å². The van der Waals surface area contributed by atoms with Gasteiger partial charge in [0.25, 0.3) is 0 Å². The molecule has 0 aliphatic rings. The molecule has 0 rings (SSSR count). The first-order chi connectivity index (χ1) is 11.1. The van der Waals surface area contributed by atoms with Gasteiger partial charge in [0, 0.05) is 0 Å². The van der Waals surface area contributed by atoms with Crippen LogP contribution in [0.1, 0.15) is 144 Å². The molecule has 0 nitrogen and oxygen atoms in total. The summed E-state index contributed by atoms with van der Waals surface area (Å²) in [5, 5.41) is 0. The Morgan fingerprint density at radius 1 is 0.222 bits per heavy atom. The highest BCUT2D eigenvalue weighted by molar-refractivity contribution is 4.72. The van der Waals surface area contributed by atoms with Gasteiger partial charge in [-0.15, -0.1) is 0 Å². The quantitative estimate of drug-likeness (QED) is 0.389. The van der Waals surface area contributed by atoms with Crippen LogP contribution in [0.5, 0.6) is 0 Å². The van der Waals surface area contributed by atoms with E-state index in [0.717, 1.165) is 0 Å². The van der Waals surface area contributed by atoms with Gasteiger partial charge in [0.15, 0.2) is 0 Å². The largest absolute Gasteiger partial charge is 0.0602 e. The smallest absolute Gasteiger partial charge is 0.0378 e. The second kappa shape index (κ2) is 10.7. The van der Waals surface area contributed by atoms with E-state index >= 15 is 0 Å². The Kier molecular flexibility index (Phi) is 12.5. The summed E-state index contributed by atoms with van der Waals surface area (Å²) >= 11 is 0.